The Balaban J connectivity index is 1.63. The molecule has 6 nitrogen and oxygen atoms in total. The maximum absolute atomic E-state index is 6.35. The van der Waals surface area contributed by atoms with Gasteiger partial charge in [0.15, 0.2) is 0 Å². The lowest BCUT2D eigenvalue weighted by atomic mass is 10.1. The van der Waals surface area contributed by atoms with Crippen molar-refractivity contribution in [3.05, 3.63) is 40.7 Å². The molecule has 2 aromatic heterocycles. The summed E-state index contributed by atoms with van der Waals surface area (Å²) in [6.45, 7) is 5.78. The minimum Gasteiger partial charge on any atom is -0.489 e. The highest BCUT2D eigenvalue weighted by Gasteiger charge is 2.18. The van der Waals surface area contributed by atoms with E-state index in [-0.39, 0.29) is 6.10 Å². The van der Waals surface area contributed by atoms with Crippen LogP contribution in [0.25, 0.3) is 15.7 Å². The van der Waals surface area contributed by atoms with Crippen LogP contribution >= 0.6 is 22.9 Å². The molecule has 136 valence electrons. The number of aromatic nitrogens is 4. The van der Waals surface area contributed by atoms with Crippen LogP contribution in [-0.4, -0.2) is 32.6 Å². The highest BCUT2D eigenvalue weighted by Crippen LogP contribution is 2.33. The van der Waals surface area contributed by atoms with E-state index < -0.39 is 0 Å². The fraction of sp³-hybridized carbons (Fsp3) is 0.389. The molecular formula is C18H20ClN5OS. The number of rotatable bonds is 4. The summed E-state index contributed by atoms with van der Waals surface area (Å²) >= 11 is 7.85. The summed E-state index contributed by atoms with van der Waals surface area (Å²) in [4.78, 5) is 0. The van der Waals surface area contributed by atoms with E-state index in [4.69, 9.17) is 16.3 Å². The number of ether oxygens (including phenoxy) is 1. The maximum atomic E-state index is 6.35. The van der Waals surface area contributed by atoms with E-state index in [1.165, 1.54) is 22.6 Å². The van der Waals surface area contributed by atoms with Crippen molar-refractivity contribution in [3.8, 4) is 21.5 Å². The molecule has 1 aliphatic rings. The lowest BCUT2D eigenvalue weighted by Gasteiger charge is -2.11. The predicted molar refractivity (Wildman–Crippen MR) is 103 cm³/mol. The van der Waals surface area contributed by atoms with Crippen LogP contribution in [0, 0.1) is 0 Å². The average molecular weight is 390 g/mol. The van der Waals surface area contributed by atoms with Gasteiger partial charge >= 0.3 is 0 Å². The SMILES string of the molecule is CC(C)Oc1ccc(-c2nnc(-n3ncc4c3CNCCC4)s2)cc1Cl. The van der Waals surface area contributed by atoms with E-state index >= 15 is 0 Å². The van der Waals surface area contributed by atoms with Crippen LogP contribution < -0.4 is 10.1 Å². The molecule has 0 unspecified atom stereocenters. The zero-order valence-corrected chi connectivity index (χ0v) is 16.3. The van der Waals surface area contributed by atoms with Gasteiger partial charge in [0, 0.05) is 12.1 Å². The van der Waals surface area contributed by atoms with E-state index in [2.05, 4.69) is 20.6 Å². The van der Waals surface area contributed by atoms with Gasteiger partial charge in [-0.1, -0.05) is 22.9 Å². The normalized spacial score (nSPS) is 14.3. The Kier molecular flexibility index (Phi) is 4.93. The third kappa shape index (κ3) is 3.47. The summed E-state index contributed by atoms with van der Waals surface area (Å²) in [6, 6.07) is 5.70. The second-order valence-corrected chi connectivity index (χ2v) is 7.87. The van der Waals surface area contributed by atoms with Gasteiger partial charge in [0.1, 0.15) is 10.8 Å². The molecule has 0 amide bonds. The fourth-order valence-electron chi connectivity index (χ4n) is 2.98. The van der Waals surface area contributed by atoms with Gasteiger partial charge in [0.25, 0.3) is 0 Å². The number of fused-ring (bicyclic) bond motifs is 1. The number of nitrogens with zero attached hydrogens (tertiary/aromatic N) is 4. The van der Waals surface area contributed by atoms with E-state index in [1.807, 2.05) is 42.9 Å². The van der Waals surface area contributed by atoms with Crippen molar-refractivity contribution in [1.29, 1.82) is 0 Å². The van der Waals surface area contributed by atoms with Crippen molar-refractivity contribution in [2.75, 3.05) is 6.54 Å². The topological polar surface area (TPSA) is 64.9 Å². The number of benzene rings is 1. The summed E-state index contributed by atoms with van der Waals surface area (Å²) in [6.07, 6.45) is 4.19. The Labute approximate surface area is 161 Å². The molecule has 0 spiro atoms. The number of hydrogen-bond acceptors (Lipinski definition) is 6. The molecule has 0 atom stereocenters. The summed E-state index contributed by atoms with van der Waals surface area (Å²) < 4.78 is 7.58. The first kappa shape index (κ1) is 17.5. The lowest BCUT2D eigenvalue weighted by molar-refractivity contribution is 0.242. The second-order valence-electron chi connectivity index (χ2n) is 6.51. The Bertz CT molecular complexity index is 920. The van der Waals surface area contributed by atoms with E-state index in [0.29, 0.717) is 10.8 Å². The molecule has 0 fully saturated rings. The predicted octanol–water partition coefficient (Wildman–Crippen LogP) is 3.87. The molecule has 4 rings (SSSR count). The van der Waals surface area contributed by atoms with Gasteiger partial charge < -0.3 is 10.1 Å². The third-order valence-electron chi connectivity index (χ3n) is 4.18. The van der Waals surface area contributed by atoms with Gasteiger partial charge in [-0.05, 0) is 57.0 Å². The van der Waals surface area contributed by atoms with Crippen molar-refractivity contribution in [3.63, 3.8) is 0 Å². The molecule has 1 N–H and O–H groups in total. The quantitative estimate of drug-likeness (QED) is 0.733. The molecule has 3 aromatic rings. The first-order valence-electron chi connectivity index (χ1n) is 8.69. The number of nitrogens with one attached hydrogen (secondary N) is 1. The average Bonchev–Trinajstić information content (AvgIpc) is 3.18. The van der Waals surface area contributed by atoms with Gasteiger partial charge in [0.05, 0.1) is 23.0 Å². The van der Waals surface area contributed by atoms with Crippen molar-refractivity contribution in [1.82, 2.24) is 25.3 Å². The van der Waals surface area contributed by atoms with Crippen molar-refractivity contribution < 1.29 is 4.74 Å². The van der Waals surface area contributed by atoms with Crippen LogP contribution in [0.1, 0.15) is 31.5 Å². The first-order chi connectivity index (χ1) is 12.6. The lowest BCUT2D eigenvalue weighted by Crippen LogP contribution is -2.15. The molecule has 8 heteroatoms. The maximum Gasteiger partial charge on any atom is 0.233 e. The zero-order valence-electron chi connectivity index (χ0n) is 14.7. The molecule has 0 saturated carbocycles. The Morgan fingerprint density at radius 3 is 3.00 bits per heavy atom. The molecule has 0 saturated heterocycles. The van der Waals surface area contributed by atoms with Crippen LogP contribution in [0.15, 0.2) is 24.4 Å². The minimum absolute atomic E-state index is 0.0789. The van der Waals surface area contributed by atoms with Crippen LogP contribution in [0.2, 0.25) is 5.02 Å². The fourth-order valence-corrected chi connectivity index (χ4v) is 4.03. The highest BCUT2D eigenvalue weighted by atomic mass is 35.5. The number of halogens is 1. The Morgan fingerprint density at radius 1 is 1.31 bits per heavy atom. The van der Waals surface area contributed by atoms with Crippen molar-refractivity contribution in [2.45, 2.75) is 39.3 Å². The second kappa shape index (κ2) is 7.34. The Hall–Kier alpha value is -1.96. The molecule has 3 heterocycles. The van der Waals surface area contributed by atoms with Gasteiger partial charge in [-0.2, -0.15) is 5.10 Å². The van der Waals surface area contributed by atoms with Crippen LogP contribution in [0.3, 0.4) is 0 Å². The van der Waals surface area contributed by atoms with Gasteiger partial charge in [-0.25, -0.2) is 4.68 Å². The van der Waals surface area contributed by atoms with E-state index in [0.717, 1.165) is 41.6 Å². The summed E-state index contributed by atoms with van der Waals surface area (Å²) in [7, 11) is 0. The van der Waals surface area contributed by atoms with Gasteiger partial charge in [-0.15, -0.1) is 10.2 Å². The zero-order chi connectivity index (χ0) is 18.1. The summed E-state index contributed by atoms with van der Waals surface area (Å²) in [5.74, 6) is 0.679. The van der Waals surface area contributed by atoms with Gasteiger partial charge in [0.2, 0.25) is 5.13 Å². The molecule has 0 radical (unpaired) electrons. The monoisotopic (exact) mass is 389 g/mol. The third-order valence-corrected chi connectivity index (χ3v) is 5.43. The van der Waals surface area contributed by atoms with E-state index in [1.54, 1.807) is 0 Å². The highest BCUT2D eigenvalue weighted by molar-refractivity contribution is 7.17. The Morgan fingerprint density at radius 2 is 2.19 bits per heavy atom. The molecule has 0 aliphatic carbocycles. The van der Waals surface area contributed by atoms with E-state index in [9.17, 15) is 0 Å². The van der Waals surface area contributed by atoms with Crippen LogP contribution in [-0.2, 0) is 13.0 Å². The summed E-state index contributed by atoms with van der Waals surface area (Å²) in [5, 5.41) is 18.8. The standard InChI is InChI=1S/C18H20ClN5OS/c1-11(2)25-16-6-5-12(8-14(16)19)17-22-23-18(26-17)24-15-10-20-7-3-4-13(15)9-21-24/h5-6,8-9,11,20H,3-4,7,10H2,1-2H3. The van der Waals surface area contributed by atoms with Gasteiger partial charge in [-0.3, -0.25) is 0 Å². The smallest absolute Gasteiger partial charge is 0.233 e. The number of hydrogen-bond donors (Lipinski definition) is 1. The molecule has 1 aromatic carbocycles. The largest absolute Gasteiger partial charge is 0.489 e. The number of aryl methyl sites for hydroxylation is 1. The molecule has 0 bridgehead atoms. The summed E-state index contributed by atoms with van der Waals surface area (Å²) in [5.41, 5.74) is 3.38. The first-order valence-corrected chi connectivity index (χ1v) is 9.88. The molecule has 26 heavy (non-hydrogen) atoms. The molecular weight excluding hydrogens is 370 g/mol. The van der Waals surface area contributed by atoms with Crippen molar-refractivity contribution >= 4 is 22.9 Å². The van der Waals surface area contributed by atoms with Crippen molar-refractivity contribution in [2.24, 2.45) is 0 Å². The van der Waals surface area contributed by atoms with Crippen LogP contribution in [0.5, 0.6) is 5.75 Å². The van der Waals surface area contributed by atoms with Crippen LogP contribution in [0.4, 0.5) is 0 Å². The minimum atomic E-state index is 0.0789. The molecule has 1 aliphatic heterocycles.